The first kappa shape index (κ1) is 12.5. The molecule has 17 heavy (non-hydrogen) atoms. The van der Waals surface area contributed by atoms with Crippen LogP contribution in [-0.2, 0) is 11.3 Å². The second kappa shape index (κ2) is 6.12. The molecule has 0 radical (unpaired) electrons. The Morgan fingerprint density at radius 2 is 2.06 bits per heavy atom. The molecular weight excluding hydrogens is 216 g/mol. The van der Waals surface area contributed by atoms with Crippen LogP contribution >= 0.6 is 0 Å². The third kappa shape index (κ3) is 3.04. The topological polar surface area (TPSA) is 66.0 Å². The van der Waals surface area contributed by atoms with Crippen LogP contribution in [-0.4, -0.2) is 27.9 Å². The molecule has 1 saturated carbocycles. The van der Waals surface area contributed by atoms with Crippen molar-refractivity contribution in [2.45, 2.75) is 51.7 Å². The first-order valence-corrected chi connectivity index (χ1v) is 6.51. The minimum Gasteiger partial charge on any atom is -0.372 e. The summed E-state index contributed by atoms with van der Waals surface area (Å²) < 4.78 is 7.72. The predicted octanol–water partition coefficient (Wildman–Crippen LogP) is 1.57. The molecule has 2 rings (SSSR count). The highest BCUT2D eigenvalue weighted by molar-refractivity contribution is 4.97. The van der Waals surface area contributed by atoms with Crippen LogP contribution in [0.2, 0.25) is 0 Å². The fraction of sp³-hybridized carbons (Fsp3) is 0.833. The van der Waals surface area contributed by atoms with Crippen LogP contribution in [0.3, 0.4) is 0 Å². The standard InChI is InChI=1S/C12H22N4O/c1-10-14-15-12(9-17-8-7-13)16(10)11-5-3-2-4-6-11/h11H,2-9,13H2,1H3. The highest BCUT2D eigenvalue weighted by Gasteiger charge is 2.20. The fourth-order valence-corrected chi connectivity index (χ4v) is 2.57. The molecule has 0 saturated heterocycles. The SMILES string of the molecule is Cc1nnc(COCCN)n1C1CCCCC1. The second-order valence-corrected chi connectivity index (χ2v) is 4.67. The van der Waals surface area contributed by atoms with E-state index < -0.39 is 0 Å². The number of nitrogens with zero attached hydrogens (tertiary/aromatic N) is 3. The maximum absolute atomic E-state index is 5.47. The Morgan fingerprint density at radius 1 is 1.29 bits per heavy atom. The van der Waals surface area contributed by atoms with Crippen molar-refractivity contribution in [1.29, 1.82) is 0 Å². The van der Waals surface area contributed by atoms with E-state index >= 15 is 0 Å². The highest BCUT2D eigenvalue weighted by atomic mass is 16.5. The lowest BCUT2D eigenvalue weighted by molar-refractivity contribution is 0.117. The van der Waals surface area contributed by atoms with Crippen LogP contribution < -0.4 is 5.73 Å². The number of aromatic nitrogens is 3. The number of aryl methyl sites for hydroxylation is 1. The van der Waals surface area contributed by atoms with Crippen LogP contribution in [0.15, 0.2) is 0 Å². The molecule has 1 aromatic heterocycles. The molecule has 96 valence electrons. The van der Waals surface area contributed by atoms with Crippen molar-refractivity contribution in [2.75, 3.05) is 13.2 Å². The van der Waals surface area contributed by atoms with Gasteiger partial charge in [-0.3, -0.25) is 0 Å². The van der Waals surface area contributed by atoms with E-state index in [4.69, 9.17) is 10.5 Å². The van der Waals surface area contributed by atoms with Crippen LogP contribution in [0.1, 0.15) is 49.8 Å². The van der Waals surface area contributed by atoms with Gasteiger partial charge in [0.1, 0.15) is 12.4 Å². The Labute approximate surface area is 102 Å². The van der Waals surface area contributed by atoms with Crippen molar-refractivity contribution >= 4 is 0 Å². The lowest BCUT2D eigenvalue weighted by Gasteiger charge is -2.25. The summed E-state index contributed by atoms with van der Waals surface area (Å²) in [6, 6.07) is 0.565. The van der Waals surface area contributed by atoms with E-state index in [1.807, 2.05) is 6.92 Å². The summed E-state index contributed by atoms with van der Waals surface area (Å²) in [5.41, 5.74) is 5.41. The van der Waals surface area contributed by atoms with E-state index in [0.29, 0.717) is 25.8 Å². The van der Waals surface area contributed by atoms with Crippen molar-refractivity contribution in [2.24, 2.45) is 5.73 Å². The fourth-order valence-electron chi connectivity index (χ4n) is 2.57. The van der Waals surface area contributed by atoms with Crippen molar-refractivity contribution in [3.8, 4) is 0 Å². The van der Waals surface area contributed by atoms with Crippen LogP contribution in [0, 0.1) is 6.92 Å². The first-order chi connectivity index (χ1) is 8.33. The van der Waals surface area contributed by atoms with Crippen LogP contribution in [0.25, 0.3) is 0 Å². The first-order valence-electron chi connectivity index (χ1n) is 6.51. The average Bonchev–Trinajstić information content (AvgIpc) is 2.72. The molecule has 0 spiro atoms. The summed E-state index contributed by atoms with van der Waals surface area (Å²) in [7, 11) is 0. The molecule has 2 N–H and O–H groups in total. The number of hydrogen-bond donors (Lipinski definition) is 1. The van der Waals surface area contributed by atoms with Gasteiger partial charge >= 0.3 is 0 Å². The number of nitrogens with two attached hydrogens (primary N) is 1. The number of rotatable bonds is 5. The van der Waals surface area contributed by atoms with Gasteiger partial charge in [0.25, 0.3) is 0 Å². The molecule has 1 fully saturated rings. The van der Waals surface area contributed by atoms with Gasteiger partial charge in [0.05, 0.1) is 6.61 Å². The normalized spacial score (nSPS) is 17.5. The molecule has 0 bridgehead atoms. The summed E-state index contributed by atoms with van der Waals surface area (Å²) >= 11 is 0. The summed E-state index contributed by atoms with van der Waals surface area (Å²) in [6.45, 7) is 3.68. The van der Waals surface area contributed by atoms with E-state index in [9.17, 15) is 0 Å². The Balaban J connectivity index is 2.05. The molecule has 0 aliphatic heterocycles. The smallest absolute Gasteiger partial charge is 0.159 e. The molecule has 1 aliphatic carbocycles. The molecule has 5 nitrogen and oxygen atoms in total. The van der Waals surface area contributed by atoms with E-state index in [-0.39, 0.29) is 0 Å². The Hall–Kier alpha value is -0.940. The minimum atomic E-state index is 0.522. The third-order valence-corrected chi connectivity index (χ3v) is 3.37. The maximum atomic E-state index is 5.47. The van der Waals surface area contributed by atoms with Gasteiger partial charge in [0.15, 0.2) is 5.82 Å². The van der Waals surface area contributed by atoms with Crippen molar-refractivity contribution in [3.05, 3.63) is 11.6 Å². The second-order valence-electron chi connectivity index (χ2n) is 4.67. The Bertz CT molecular complexity index is 344. The molecule has 5 heteroatoms. The van der Waals surface area contributed by atoms with Crippen molar-refractivity contribution in [1.82, 2.24) is 14.8 Å². The molecule has 1 heterocycles. The molecule has 0 aromatic carbocycles. The Morgan fingerprint density at radius 3 is 2.76 bits per heavy atom. The minimum absolute atomic E-state index is 0.522. The lowest BCUT2D eigenvalue weighted by Crippen LogP contribution is -2.18. The predicted molar refractivity (Wildman–Crippen MR) is 65.6 cm³/mol. The monoisotopic (exact) mass is 238 g/mol. The summed E-state index contributed by atoms with van der Waals surface area (Å²) in [6.07, 6.45) is 6.46. The largest absolute Gasteiger partial charge is 0.372 e. The van der Waals surface area contributed by atoms with Gasteiger partial charge in [-0.2, -0.15) is 0 Å². The number of ether oxygens (including phenoxy) is 1. The van der Waals surface area contributed by atoms with Crippen molar-refractivity contribution in [3.63, 3.8) is 0 Å². The van der Waals surface area contributed by atoms with Gasteiger partial charge in [-0.15, -0.1) is 10.2 Å². The van der Waals surface area contributed by atoms with E-state index in [1.165, 1.54) is 32.1 Å². The van der Waals surface area contributed by atoms with Crippen molar-refractivity contribution < 1.29 is 4.74 Å². The molecular formula is C12H22N4O. The maximum Gasteiger partial charge on any atom is 0.159 e. The van der Waals surface area contributed by atoms with E-state index in [2.05, 4.69) is 14.8 Å². The third-order valence-electron chi connectivity index (χ3n) is 3.37. The van der Waals surface area contributed by atoms with Gasteiger partial charge in [-0.05, 0) is 19.8 Å². The Kier molecular flexibility index (Phi) is 4.50. The highest BCUT2D eigenvalue weighted by Crippen LogP contribution is 2.29. The van der Waals surface area contributed by atoms with Gasteiger partial charge in [-0.1, -0.05) is 19.3 Å². The zero-order chi connectivity index (χ0) is 12.1. The lowest BCUT2D eigenvalue weighted by atomic mass is 9.95. The quantitative estimate of drug-likeness (QED) is 0.791. The molecule has 0 unspecified atom stereocenters. The summed E-state index contributed by atoms with van der Waals surface area (Å²) in [5.74, 6) is 1.95. The van der Waals surface area contributed by atoms with E-state index in [0.717, 1.165) is 11.6 Å². The molecule has 0 amide bonds. The summed E-state index contributed by atoms with van der Waals surface area (Å²) in [4.78, 5) is 0. The molecule has 1 aliphatic rings. The zero-order valence-corrected chi connectivity index (χ0v) is 10.6. The van der Waals surface area contributed by atoms with Crippen LogP contribution in [0.4, 0.5) is 0 Å². The molecule has 1 aromatic rings. The average molecular weight is 238 g/mol. The van der Waals surface area contributed by atoms with Gasteiger partial charge in [0, 0.05) is 12.6 Å². The van der Waals surface area contributed by atoms with Gasteiger partial charge < -0.3 is 15.0 Å². The summed E-state index contributed by atoms with van der Waals surface area (Å²) in [5, 5.41) is 8.38. The van der Waals surface area contributed by atoms with E-state index in [1.54, 1.807) is 0 Å². The zero-order valence-electron chi connectivity index (χ0n) is 10.6. The molecule has 0 atom stereocenters. The van der Waals surface area contributed by atoms with Crippen LogP contribution in [0.5, 0.6) is 0 Å². The van der Waals surface area contributed by atoms with Gasteiger partial charge in [-0.25, -0.2) is 0 Å². The number of hydrogen-bond acceptors (Lipinski definition) is 4. The van der Waals surface area contributed by atoms with Gasteiger partial charge in [0.2, 0.25) is 0 Å².